The molecule has 0 radical (unpaired) electrons. The van der Waals surface area contributed by atoms with Crippen LogP contribution >= 0.6 is 0 Å². The number of morpholine rings is 1. The topological polar surface area (TPSA) is 76.6 Å². The Morgan fingerprint density at radius 1 is 1.25 bits per heavy atom. The molecular weight excluding hydrogens is 404 g/mol. The fourth-order valence-corrected chi connectivity index (χ4v) is 4.93. The number of hydrogen-bond acceptors (Lipinski definition) is 6. The van der Waals surface area contributed by atoms with Crippen molar-refractivity contribution in [1.82, 2.24) is 15.3 Å². The van der Waals surface area contributed by atoms with E-state index < -0.39 is 0 Å². The van der Waals surface area contributed by atoms with Crippen LogP contribution in [0.3, 0.4) is 0 Å². The van der Waals surface area contributed by atoms with Gasteiger partial charge in [-0.3, -0.25) is 4.79 Å². The number of methoxy groups -OCH3 is 1. The maximum Gasteiger partial charge on any atom is 0.225 e. The van der Waals surface area contributed by atoms with Gasteiger partial charge in [0.2, 0.25) is 11.9 Å². The zero-order valence-electron chi connectivity index (χ0n) is 19.7. The van der Waals surface area contributed by atoms with Crippen LogP contribution in [0.4, 0.5) is 5.95 Å². The molecule has 172 valence electrons. The van der Waals surface area contributed by atoms with Gasteiger partial charge in [0, 0.05) is 30.4 Å². The molecular formula is C25H34N4O3. The first kappa shape index (κ1) is 22.5. The maximum absolute atomic E-state index is 12.9. The lowest BCUT2D eigenvalue weighted by Gasteiger charge is -2.38. The maximum atomic E-state index is 12.9. The number of ether oxygens (including phenoxy) is 2. The molecule has 3 atom stereocenters. The number of aromatic nitrogens is 2. The van der Waals surface area contributed by atoms with Crippen LogP contribution in [0.25, 0.3) is 0 Å². The van der Waals surface area contributed by atoms with Crippen molar-refractivity contribution in [1.29, 1.82) is 0 Å². The smallest absolute Gasteiger partial charge is 0.225 e. The zero-order chi connectivity index (χ0) is 22.9. The van der Waals surface area contributed by atoms with E-state index in [9.17, 15) is 4.79 Å². The van der Waals surface area contributed by atoms with E-state index in [1.54, 1.807) is 7.11 Å². The number of benzene rings is 1. The lowest BCUT2D eigenvalue weighted by atomic mass is 9.74. The van der Waals surface area contributed by atoms with Crippen LogP contribution < -0.4 is 15.0 Å². The van der Waals surface area contributed by atoms with Gasteiger partial charge in [-0.2, -0.15) is 0 Å². The van der Waals surface area contributed by atoms with E-state index in [-0.39, 0.29) is 36.0 Å². The van der Waals surface area contributed by atoms with Crippen molar-refractivity contribution < 1.29 is 14.3 Å². The molecule has 0 unspecified atom stereocenters. The molecule has 2 aromatic rings. The number of nitrogens with zero attached hydrogens (tertiary/aromatic N) is 3. The first-order chi connectivity index (χ1) is 15.2. The Balaban J connectivity index is 1.54. The summed E-state index contributed by atoms with van der Waals surface area (Å²) in [5, 5.41) is 3.24. The van der Waals surface area contributed by atoms with Gasteiger partial charge in [0.25, 0.3) is 0 Å². The predicted octanol–water partition coefficient (Wildman–Crippen LogP) is 3.47. The van der Waals surface area contributed by atoms with Gasteiger partial charge >= 0.3 is 0 Å². The summed E-state index contributed by atoms with van der Waals surface area (Å²) in [7, 11) is 1.63. The number of carbonyl (C=O) groups is 1. The largest absolute Gasteiger partial charge is 0.496 e. The quantitative estimate of drug-likeness (QED) is 0.770. The highest BCUT2D eigenvalue weighted by Crippen LogP contribution is 2.40. The summed E-state index contributed by atoms with van der Waals surface area (Å²) in [6.07, 6.45) is 4.21. The van der Waals surface area contributed by atoms with Crippen LogP contribution in [-0.2, 0) is 22.4 Å². The number of fused-ring (bicyclic) bond motifs is 1. The second kappa shape index (κ2) is 9.06. The number of amides is 1. The lowest BCUT2D eigenvalue weighted by molar-refractivity contribution is -0.121. The second-order valence-electron chi connectivity index (χ2n) is 9.89. The van der Waals surface area contributed by atoms with Crippen LogP contribution in [-0.4, -0.2) is 48.3 Å². The average Bonchev–Trinajstić information content (AvgIpc) is 2.72. The molecule has 1 saturated heterocycles. The van der Waals surface area contributed by atoms with E-state index in [1.807, 2.05) is 30.5 Å². The molecule has 0 spiro atoms. The molecule has 1 aromatic carbocycles. The van der Waals surface area contributed by atoms with Gasteiger partial charge in [-0.15, -0.1) is 0 Å². The molecule has 1 fully saturated rings. The van der Waals surface area contributed by atoms with Crippen molar-refractivity contribution in [2.75, 3.05) is 25.1 Å². The molecule has 2 heterocycles. The zero-order valence-corrected chi connectivity index (χ0v) is 19.7. The Bertz CT molecular complexity index is 967. The fourth-order valence-electron chi connectivity index (χ4n) is 4.93. The highest BCUT2D eigenvalue weighted by atomic mass is 16.5. The second-order valence-corrected chi connectivity index (χ2v) is 9.89. The Kier molecular flexibility index (Phi) is 6.38. The monoisotopic (exact) mass is 438 g/mol. The highest BCUT2D eigenvalue weighted by molar-refractivity contribution is 5.79. The van der Waals surface area contributed by atoms with Gasteiger partial charge in [0.1, 0.15) is 5.75 Å². The molecule has 1 aliphatic carbocycles. The van der Waals surface area contributed by atoms with Gasteiger partial charge in [0.15, 0.2) is 0 Å². The number of carbonyl (C=O) groups excluding carboxylic acids is 1. The minimum absolute atomic E-state index is 0.0249. The Morgan fingerprint density at radius 3 is 2.69 bits per heavy atom. The lowest BCUT2D eigenvalue weighted by Crippen LogP contribution is -2.46. The van der Waals surface area contributed by atoms with Crippen LogP contribution in [0.2, 0.25) is 0 Å². The summed E-state index contributed by atoms with van der Waals surface area (Å²) in [6, 6.07) is 7.53. The van der Waals surface area contributed by atoms with Crippen molar-refractivity contribution in [2.45, 2.75) is 65.2 Å². The molecule has 1 aliphatic heterocycles. The van der Waals surface area contributed by atoms with E-state index in [0.717, 1.165) is 54.4 Å². The molecule has 1 aromatic heterocycles. The molecule has 0 saturated carbocycles. The van der Waals surface area contributed by atoms with Crippen LogP contribution in [0.1, 0.15) is 57.0 Å². The fraction of sp³-hybridized carbons (Fsp3) is 0.560. The molecule has 7 nitrogen and oxygen atoms in total. The molecule has 7 heteroatoms. The van der Waals surface area contributed by atoms with E-state index in [2.05, 4.69) is 42.9 Å². The first-order valence-electron chi connectivity index (χ1n) is 11.4. The van der Waals surface area contributed by atoms with E-state index in [0.29, 0.717) is 0 Å². The van der Waals surface area contributed by atoms with Crippen molar-refractivity contribution in [3.63, 3.8) is 0 Å². The van der Waals surface area contributed by atoms with Gasteiger partial charge in [-0.1, -0.05) is 32.0 Å². The van der Waals surface area contributed by atoms with Crippen LogP contribution in [0.5, 0.6) is 5.75 Å². The molecule has 4 rings (SSSR count). The number of hydrogen-bond donors (Lipinski definition) is 1. The summed E-state index contributed by atoms with van der Waals surface area (Å²) < 4.78 is 11.3. The average molecular weight is 439 g/mol. The summed E-state index contributed by atoms with van der Waals surface area (Å²) in [6.45, 7) is 10.2. The van der Waals surface area contributed by atoms with E-state index >= 15 is 0 Å². The molecule has 1 N–H and O–H groups in total. The van der Waals surface area contributed by atoms with Gasteiger partial charge in [-0.05, 0) is 38.2 Å². The van der Waals surface area contributed by atoms with Crippen LogP contribution in [0.15, 0.2) is 30.5 Å². The third-order valence-electron chi connectivity index (χ3n) is 6.25. The molecule has 1 amide bonds. The molecule has 2 aliphatic rings. The minimum Gasteiger partial charge on any atom is -0.496 e. The third kappa shape index (κ3) is 5.04. The highest BCUT2D eigenvalue weighted by Gasteiger charge is 2.35. The summed E-state index contributed by atoms with van der Waals surface area (Å²) >= 11 is 0. The van der Waals surface area contributed by atoms with E-state index in [4.69, 9.17) is 14.5 Å². The van der Waals surface area contributed by atoms with Gasteiger partial charge < -0.3 is 19.7 Å². The van der Waals surface area contributed by atoms with Crippen LogP contribution in [0, 0.1) is 5.41 Å². The first-order valence-corrected chi connectivity index (χ1v) is 11.4. The third-order valence-corrected chi connectivity index (χ3v) is 6.25. The Labute approximate surface area is 190 Å². The number of anilines is 1. The van der Waals surface area contributed by atoms with Gasteiger partial charge in [0.05, 0.1) is 37.5 Å². The molecule has 0 bridgehead atoms. The Morgan fingerprint density at radius 2 is 1.97 bits per heavy atom. The number of para-hydroxylation sites is 1. The Hall–Kier alpha value is -2.67. The van der Waals surface area contributed by atoms with E-state index in [1.165, 1.54) is 0 Å². The SMILES string of the molecule is COc1ccccc1CC(=O)N[C@@H]1CC(C)(C)Cc2nc(N3C[C@@H](C)O[C@H](C)C3)ncc21. The minimum atomic E-state index is -0.104. The van der Waals surface area contributed by atoms with Gasteiger partial charge in [-0.25, -0.2) is 9.97 Å². The predicted molar refractivity (Wildman–Crippen MR) is 124 cm³/mol. The normalized spacial score (nSPS) is 24.5. The molecule has 32 heavy (non-hydrogen) atoms. The number of rotatable bonds is 5. The van der Waals surface area contributed by atoms with Crippen molar-refractivity contribution >= 4 is 11.9 Å². The standard InChI is InChI=1S/C25H34N4O3/c1-16-14-29(15-17(2)32-16)24-26-13-19-20(11-25(3,4)12-21(19)28-24)27-23(30)10-18-8-6-7-9-22(18)31-5/h6-9,13,16-17,20H,10-12,14-15H2,1-5H3,(H,27,30)/t16-,17-,20-/m1/s1. The number of nitrogens with one attached hydrogen (secondary N) is 1. The van der Waals surface area contributed by atoms with Crippen molar-refractivity contribution in [3.8, 4) is 5.75 Å². The summed E-state index contributed by atoms with van der Waals surface area (Å²) in [4.78, 5) is 24.8. The summed E-state index contributed by atoms with van der Waals surface area (Å²) in [5.41, 5.74) is 2.97. The van der Waals surface area contributed by atoms with Crippen molar-refractivity contribution in [2.24, 2.45) is 5.41 Å². The van der Waals surface area contributed by atoms with Crippen molar-refractivity contribution in [3.05, 3.63) is 47.3 Å². The summed E-state index contributed by atoms with van der Waals surface area (Å²) in [5.74, 6) is 1.46.